The molecule has 0 saturated carbocycles. The first kappa shape index (κ1) is 97.6. The van der Waals surface area contributed by atoms with Crippen LogP contribution in [0.25, 0.3) is 83.2 Å². The van der Waals surface area contributed by atoms with Gasteiger partial charge in [0.2, 0.25) is 5.88 Å². The van der Waals surface area contributed by atoms with Gasteiger partial charge in [0, 0.05) is 138 Å². The summed E-state index contributed by atoms with van der Waals surface area (Å²) in [7, 11) is 0. The fraction of sp³-hybridized carbons (Fsp3) is 0.0364. The van der Waals surface area contributed by atoms with E-state index in [0.717, 1.165) is 145 Å². The molecule has 0 spiro atoms. The van der Waals surface area contributed by atoms with Crippen molar-refractivity contribution in [3.8, 4) is 90.6 Å². The van der Waals surface area contributed by atoms with Crippen molar-refractivity contribution in [2.24, 2.45) is 0 Å². The summed E-state index contributed by atoms with van der Waals surface area (Å²) in [6.07, 6.45) is 15.5. The number of rotatable bonds is 15. The summed E-state index contributed by atoms with van der Waals surface area (Å²) in [6, 6.07) is 58.7. The lowest BCUT2D eigenvalue weighted by atomic mass is 9.96. The van der Waals surface area contributed by atoms with Gasteiger partial charge in [0.25, 0.3) is 0 Å². The molecule has 32 heteroatoms. The van der Waals surface area contributed by atoms with E-state index >= 15 is 0 Å². The zero-order chi connectivity index (χ0) is 100. The van der Waals surface area contributed by atoms with Gasteiger partial charge in [0.15, 0.2) is 50.3 Å². The lowest BCUT2D eigenvalue weighted by Crippen LogP contribution is -2.10. The number of hydrogen-bond acceptors (Lipinski definition) is 9. The van der Waals surface area contributed by atoms with E-state index in [9.17, 15) is 103 Å². The Kier molecular flexibility index (Phi) is 29.3. The second kappa shape index (κ2) is 42.7. The van der Waals surface area contributed by atoms with Gasteiger partial charge < -0.3 is 27.1 Å². The molecule has 10 aromatic heterocycles. The second-order valence-corrected chi connectivity index (χ2v) is 32.4. The van der Waals surface area contributed by atoms with Crippen LogP contribution >= 0.6 is 11.8 Å². The third-order valence-corrected chi connectivity index (χ3v) is 22.9. The van der Waals surface area contributed by atoms with Crippen LogP contribution in [0.3, 0.4) is 0 Å². The molecule has 20 aromatic rings. The van der Waals surface area contributed by atoms with E-state index in [1.165, 1.54) is 158 Å². The number of halogens is 18. The highest BCUT2D eigenvalue weighted by Crippen LogP contribution is 2.38. The fourth-order valence-electron chi connectivity index (χ4n) is 15.4. The standard InChI is InChI=1S/C23H11F4NO.C23H18F2N2O2.C22H13F4NO.C21H11F4NO2.C21H11F4NOS/c24-16-8-7-15(19(27)12-16)6-4-14-5-9-20-23(21(29)10-11-28(20)13-14)22-17(25)2-1-3-18(22)26;1-2-5-15-6-3-4-7-17(15)23-19-9-11-22(26-27(19)13-12-20(23)28)29-21-10-8-16(24)14-18(21)25;23-15-6-5-14(18(26)11-15)10-13-4-7-19-22(20(28)8-9-27(19)12-13)21-16(24)2-1-3-17(21)25;2*22-12-4-7-19(16(25)10-12)28-13-5-6-17-21(18(27)8-9-26(17)11-13)20-14(23)2-1-3-15(20)24/h1-3,5,7-13H;3-4,6-14H,2,5H2,1H3;1-9,11-12H,10H2;2*1-11H. The number of nitrogens with zero attached hydrogens (tertiary/aromatic N) is 6. The Labute approximate surface area is 795 Å². The van der Waals surface area contributed by atoms with Gasteiger partial charge in [-0.2, -0.15) is 0 Å². The van der Waals surface area contributed by atoms with Crippen LogP contribution in [-0.2, 0) is 12.8 Å². The van der Waals surface area contributed by atoms with Crippen LogP contribution in [-0.4, -0.2) is 27.2 Å². The second-order valence-electron chi connectivity index (χ2n) is 31.2. The molecule has 708 valence electrons. The summed E-state index contributed by atoms with van der Waals surface area (Å²) in [5, 5.41) is 4.33. The minimum Gasteiger partial charge on any atom is -0.453 e. The lowest BCUT2D eigenvalue weighted by Gasteiger charge is -2.12. The van der Waals surface area contributed by atoms with Crippen LogP contribution in [0.2, 0.25) is 0 Å². The summed E-state index contributed by atoms with van der Waals surface area (Å²) < 4.78 is 267. The molecule has 0 saturated heterocycles. The van der Waals surface area contributed by atoms with Crippen molar-refractivity contribution < 1.29 is 88.5 Å². The third-order valence-electron chi connectivity index (χ3n) is 21.9. The number of hydrogen-bond donors (Lipinski definition) is 0. The van der Waals surface area contributed by atoms with Crippen LogP contribution in [0.5, 0.6) is 23.1 Å². The summed E-state index contributed by atoms with van der Waals surface area (Å²) in [5.41, 5.74) is 1.53. The maximum absolute atomic E-state index is 14.2. The minimum atomic E-state index is -0.880. The summed E-state index contributed by atoms with van der Waals surface area (Å²) in [4.78, 5) is 62.9. The Bertz CT molecular complexity index is 8220. The molecule has 0 atom stereocenters. The molecule has 0 fully saturated rings. The van der Waals surface area contributed by atoms with Crippen molar-refractivity contribution >= 4 is 39.3 Å². The minimum absolute atomic E-state index is 0.0283. The molecule has 10 aromatic carbocycles. The van der Waals surface area contributed by atoms with Crippen LogP contribution in [0.1, 0.15) is 41.2 Å². The largest absolute Gasteiger partial charge is 0.453 e. The fourth-order valence-corrected chi connectivity index (χ4v) is 16.3. The molecule has 0 N–H and O–H groups in total. The predicted molar refractivity (Wildman–Crippen MR) is 502 cm³/mol. The molecule has 0 aliphatic rings. The highest BCUT2D eigenvalue weighted by atomic mass is 32.2. The molecule has 0 unspecified atom stereocenters. The summed E-state index contributed by atoms with van der Waals surface area (Å²) in [6.45, 7) is 2.09. The van der Waals surface area contributed by atoms with E-state index in [1.807, 2.05) is 24.3 Å². The molecule has 0 aliphatic carbocycles. The van der Waals surface area contributed by atoms with Gasteiger partial charge in [-0.25, -0.2) is 83.5 Å². The average Bonchev–Trinajstić information content (AvgIpc) is 0.775. The van der Waals surface area contributed by atoms with Gasteiger partial charge >= 0.3 is 0 Å². The highest BCUT2D eigenvalue weighted by Gasteiger charge is 2.25. The van der Waals surface area contributed by atoms with Crippen LogP contribution in [0.4, 0.5) is 79.0 Å². The molecule has 0 radical (unpaired) electrons. The highest BCUT2D eigenvalue weighted by molar-refractivity contribution is 7.99. The van der Waals surface area contributed by atoms with Crippen molar-refractivity contribution in [3.05, 3.63) is 518 Å². The Morgan fingerprint density at radius 1 is 0.303 bits per heavy atom. The van der Waals surface area contributed by atoms with Gasteiger partial charge in [0.05, 0.1) is 89.4 Å². The van der Waals surface area contributed by atoms with E-state index in [1.54, 1.807) is 59.4 Å². The van der Waals surface area contributed by atoms with Gasteiger partial charge in [-0.3, -0.25) is 24.0 Å². The number of aromatic nitrogens is 6. The number of benzene rings is 10. The number of pyridine rings is 9. The van der Waals surface area contributed by atoms with Gasteiger partial charge in [-0.1, -0.05) is 97.6 Å². The number of ether oxygens (including phenoxy) is 2. The zero-order valence-corrected chi connectivity index (χ0v) is 73.9. The zero-order valence-electron chi connectivity index (χ0n) is 73.1. The Morgan fingerprint density at radius 3 is 1.20 bits per heavy atom. The summed E-state index contributed by atoms with van der Waals surface area (Å²) >= 11 is 1.06. The third kappa shape index (κ3) is 21.7. The van der Waals surface area contributed by atoms with Crippen LogP contribution in [0, 0.1) is 117 Å². The van der Waals surface area contributed by atoms with E-state index in [2.05, 4.69) is 23.9 Å². The monoisotopic (exact) mass is 1950 g/mol. The molecule has 0 amide bonds. The molecule has 10 heterocycles. The molecule has 20 rings (SSSR count). The van der Waals surface area contributed by atoms with Crippen molar-refractivity contribution in [1.29, 1.82) is 0 Å². The maximum Gasteiger partial charge on any atom is 0.237 e. The van der Waals surface area contributed by atoms with Gasteiger partial charge in [-0.05, 0) is 180 Å². The Balaban J connectivity index is 0.000000128. The predicted octanol–water partition coefficient (Wildman–Crippen LogP) is 26.4. The quantitative estimate of drug-likeness (QED) is 0.0725. The first-order valence-corrected chi connectivity index (χ1v) is 43.4. The first-order chi connectivity index (χ1) is 68.3. The molecule has 0 bridgehead atoms. The SMILES string of the molecule is CCCc1ccccc1-c1c(=O)ccn2nc(Oc3ccc(F)cc3F)ccc12.O=c1ccn2cc(C#Cc3ccc(F)cc3F)ccc2c1-c1c(F)cccc1F.O=c1ccn2cc(Cc3ccc(F)cc3F)ccc2c1-c1c(F)cccc1F.O=c1ccn2cc(Oc3ccc(F)cc3F)ccc2c1-c1c(F)cccc1F.O=c1ccn2cc(Sc3ccc(F)cc3F)ccc2c1-c1c(F)cccc1F. The van der Waals surface area contributed by atoms with Gasteiger partial charge in [0.1, 0.15) is 98.8 Å². The maximum atomic E-state index is 14.2. The molecule has 13 nitrogen and oxygen atoms in total. The average molecular weight is 1960 g/mol. The lowest BCUT2D eigenvalue weighted by molar-refractivity contribution is 0.416. The van der Waals surface area contributed by atoms with E-state index in [4.69, 9.17) is 9.47 Å². The van der Waals surface area contributed by atoms with Crippen molar-refractivity contribution in [2.45, 2.75) is 36.0 Å². The smallest absolute Gasteiger partial charge is 0.237 e. The van der Waals surface area contributed by atoms with Gasteiger partial charge in [-0.15, -0.1) is 5.10 Å². The molecule has 142 heavy (non-hydrogen) atoms. The Morgan fingerprint density at radius 2 is 0.711 bits per heavy atom. The number of fused-ring (bicyclic) bond motifs is 5. The van der Waals surface area contributed by atoms with E-state index < -0.39 is 143 Å². The van der Waals surface area contributed by atoms with Crippen LogP contribution < -0.4 is 36.6 Å². The van der Waals surface area contributed by atoms with E-state index in [0.29, 0.717) is 55.3 Å². The molecular weight excluding hydrogens is 1890 g/mol. The normalized spacial score (nSPS) is 11.0. The first-order valence-electron chi connectivity index (χ1n) is 42.6. The Hall–Kier alpha value is -17.5. The summed E-state index contributed by atoms with van der Waals surface area (Å²) in [5.74, 6) is -8.68. The molecule has 0 aliphatic heterocycles. The van der Waals surface area contributed by atoms with Crippen molar-refractivity contribution in [3.63, 3.8) is 0 Å². The van der Waals surface area contributed by atoms with Crippen LogP contribution in [0.15, 0.2) is 369 Å². The number of aryl methyl sites for hydroxylation is 1. The van der Waals surface area contributed by atoms with Crippen molar-refractivity contribution in [2.75, 3.05) is 0 Å². The van der Waals surface area contributed by atoms with Crippen molar-refractivity contribution in [1.82, 2.24) is 27.2 Å². The topological polar surface area (TPSA) is 139 Å². The van der Waals surface area contributed by atoms with E-state index in [-0.39, 0.29) is 78.8 Å². The molecular formula is C110H64F18N6O7S.